The molecule has 0 spiro atoms. The van der Waals surface area contributed by atoms with Crippen LogP contribution in [0.15, 0.2) is 0 Å². The predicted octanol–water partition coefficient (Wildman–Crippen LogP) is 1.81. The largest absolute Gasteiger partial charge is 0.370 e. The zero-order valence-electron chi connectivity index (χ0n) is 9.80. The van der Waals surface area contributed by atoms with E-state index in [4.69, 9.17) is 5.73 Å². The van der Waals surface area contributed by atoms with Gasteiger partial charge in [0, 0.05) is 12.5 Å². The van der Waals surface area contributed by atoms with E-state index in [9.17, 15) is 4.79 Å². The van der Waals surface area contributed by atoms with E-state index >= 15 is 0 Å². The van der Waals surface area contributed by atoms with Crippen molar-refractivity contribution >= 4 is 5.91 Å². The number of nitrogens with two attached hydrogens (primary N) is 1. The Morgan fingerprint density at radius 2 is 2.07 bits per heavy atom. The van der Waals surface area contributed by atoms with Crippen LogP contribution in [0, 0.1) is 5.92 Å². The molecule has 1 saturated carbocycles. The topological polar surface area (TPSA) is 55.1 Å². The third kappa shape index (κ3) is 5.17. The normalized spacial score (nSPS) is 26.5. The first-order chi connectivity index (χ1) is 7.20. The van der Waals surface area contributed by atoms with Gasteiger partial charge in [0.2, 0.25) is 5.91 Å². The molecule has 1 rings (SSSR count). The molecular weight excluding hydrogens is 188 g/mol. The summed E-state index contributed by atoms with van der Waals surface area (Å²) in [6, 6.07) is 0.701. The average molecular weight is 212 g/mol. The zero-order valence-corrected chi connectivity index (χ0v) is 9.80. The highest BCUT2D eigenvalue weighted by Crippen LogP contribution is 2.23. The molecule has 0 aromatic rings. The van der Waals surface area contributed by atoms with Crippen LogP contribution in [0.3, 0.4) is 0 Å². The molecule has 0 aromatic carbocycles. The molecular formula is C12H24N2O. The number of carbonyl (C=O) groups is 1. The monoisotopic (exact) mass is 212 g/mol. The highest BCUT2D eigenvalue weighted by molar-refractivity contribution is 5.73. The molecule has 0 radical (unpaired) electrons. The van der Waals surface area contributed by atoms with E-state index in [0.717, 1.165) is 25.3 Å². The molecule has 0 bridgehead atoms. The third-order valence-electron chi connectivity index (χ3n) is 3.37. The SMILES string of the molecule is CC1CCCCC1NCCCCC(N)=O. The van der Waals surface area contributed by atoms with Gasteiger partial charge in [-0.1, -0.05) is 19.8 Å². The summed E-state index contributed by atoms with van der Waals surface area (Å²) in [6.07, 6.45) is 7.94. The fraction of sp³-hybridized carbons (Fsp3) is 0.917. The first kappa shape index (κ1) is 12.5. The number of primary amides is 1. The third-order valence-corrected chi connectivity index (χ3v) is 3.37. The first-order valence-corrected chi connectivity index (χ1v) is 6.22. The van der Waals surface area contributed by atoms with E-state index < -0.39 is 0 Å². The number of nitrogens with one attached hydrogen (secondary N) is 1. The standard InChI is InChI=1S/C12H24N2O/c1-10-6-2-3-7-11(10)14-9-5-4-8-12(13)15/h10-11,14H,2-9H2,1H3,(H2,13,15). The van der Waals surface area contributed by atoms with Gasteiger partial charge < -0.3 is 11.1 Å². The van der Waals surface area contributed by atoms with Crippen molar-refractivity contribution in [1.29, 1.82) is 0 Å². The second-order valence-corrected chi connectivity index (χ2v) is 4.75. The summed E-state index contributed by atoms with van der Waals surface area (Å²) in [5.41, 5.74) is 5.08. The highest BCUT2D eigenvalue weighted by atomic mass is 16.1. The number of hydrogen-bond acceptors (Lipinski definition) is 2. The molecule has 3 nitrogen and oxygen atoms in total. The van der Waals surface area contributed by atoms with Crippen molar-refractivity contribution in [2.24, 2.45) is 11.7 Å². The molecule has 2 atom stereocenters. The number of rotatable bonds is 6. The Kier molecular flexibility index (Phi) is 5.69. The van der Waals surface area contributed by atoms with Gasteiger partial charge in [0.15, 0.2) is 0 Å². The van der Waals surface area contributed by atoms with Gasteiger partial charge >= 0.3 is 0 Å². The minimum Gasteiger partial charge on any atom is -0.370 e. The molecule has 3 N–H and O–H groups in total. The number of carbonyl (C=O) groups excluding carboxylic acids is 1. The van der Waals surface area contributed by atoms with Crippen molar-refractivity contribution in [3.05, 3.63) is 0 Å². The smallest absolute Gasteiger partial charge is 0.217 e. The Balaban J connectivity index is 2.01. The van der Waals surface area contributed by atoms with E-state index in [-0.39, 0.29) is 5.91 Å². The maximum Gasteiger partial charge on any atom is 0.217 e. The molecule has 1 amide bonds. The average Bonchev–Trinajstić information content (AvgIpc) is 2.20. The lowest BCUT2D eigenvalue weighted by Gasteiger charge is -2.29. The summed E-state index contributed by atoms with van der Waals surface area (Å²) in [5.74, 6) is 0.635. The summed E-state index contributed by atoms with van der Waals surface area (Å²) < 4.78 is 0. The Morgan fingerprint density at radius 3 is 2.73 bits per heavy atom. The molecule has 0 saturated heterocycles. The first-order valence-electron chi connectivity index (χ1n) is 6.22. The molecule has 0 heterocycles. The molecule has 15 heavy (non-hydrogen) atoms. The second-order valence-electron chi connectivity index (χ2n) is 4.75. The maximum atomic E-state index is 10.5. The fourth-order valence-electron chi connectivity index (χ4n) is 2.33. The lowest BCUT2D eigenvalue weighted by atomic mass is 9.86. The Labute approximate surface area is 92.8 Å². The van der Waals surface area contributed by atoms with Crippen LogP contribution in [0.2, 0.25) is 0 Å². The molecule has 1 aliphatic rings. The van der Waals surface area contributed by atoms with Crippen molar-refractivity contribution in [3.63, 3.8) is 0 Å². The number of hydrogen-bond donors (Lipinski definition) is 2. The van der Waals surface area contributed by atoms with Gasteiger partial charge in [-0.15, -0.1) is 0 Å². The van der Waals surface area contributed by atoms with E-state index in [1.165, 1.54) is 25.7 Å². The van der Waals surface area contributed by atoms with Crippen molar-refractivity contribution in [1.82, 2.24) is 5.32 Å². The van der Waals surface area contributed by atoms with Gasteiger partial charge in [-0.2, -0.15) is 0 Å². The minimum absolute atomic E-state index is 0.180. The lowest BCUT2D eigenvalue weighted by Crippen LogP contribution is -2.37. The van der Waals surface area contributed by atoms with E-state index in [0.29, 0.717) is 12.5 Å². The lowest BCUT2D eigenvalue weighted by molar-refractivity contribution is -0.118. The van der Waals surface area contributed by atoms with Crippen molar-refractivity contribution in [3.8, 4) is 0 Å². The Bertz CT molecular complexity index is 194. The molecule has 1 fully saturated rings. The van der Waals surface area contributed by atoms with E-state index in [1.807, 2.05) is 0 Å². The second kappa shape index (κ2) is 6.83. The molecule has 1 aliphatic carbocycles. The minimum atomic E-state index is -0.180. The van der Waals surface area contributed by atoms with Gasteiger partial charge in [0.05, 0.1) is 0 Å². The number of amides is 1. The van der Waals surface area contributed by atoms with Gasteiger partial charge in [-0.05, 0) is 38.1 Å². The summed E-state index contributed by atoms with van der Waals surface area (Å²) in [5, 5.41) is 3.59. The summed E-state index contributed by atoms with van der Waals surface area (Å²) in [7, 11) is 0. The summed E-state index contributed by atoms with van der Waals surface area (Å²) >= 11 is 0. The van der Waals surface area contributed by atoms with E-state index in [1.54, 1.807) is 0 Å². The van der Waals surface area contributed by atoms with Crippen LogP contribution in [0.1, 0.15) is 51.9 Å². The molecule has 88 valence electrons. The predicted molar refractivity (Wildman–Crippen MR) is 62.5 cm³/mol. The van der Waals surface area contributed by atoms with Gasteiger partial charge in [-0.25, -0.2) is 0 Å². The van der Waals surface area contributed by atoms with Crippen LogP contribution in [0.25, 0.3) is 0 Å². The van der Waals surface area contributed by atoms with Crippen molar-refractivity contribution in [2.75, 3.05) is 6.54 Å². The van der Waals surface area contributed by atoms with Crippen LogP contribution in [-0.2, 0) is 4.79 Å². The molecule has 2 unspecified atom stereocenters. The number of unbranched alkanes of at least 4 members (excludes halogenated alkanes) is 1. The Morgan fingerprint density at radius 1 is 1.33 bits per heavy atom. The van der Waals surface area contributed by atoms with Crippen molar-refractivity contribution < 1.29 is 4.79 Å². The maximum absolute atomic E-state index is 10.5. The van der Waals surface area contributed by atoms with Crippen LogP contribution in [-0.4, -0.2) is 18.5 Å². The van der Waals surface area contributed by atoms with Gasteiger partial charge in [-0.3, -0.25) is 4.79 Å². The van der Waals surface area contributed by atoms with Crippen LogP contribution in [0.5, 0.6) is 0 Å². The van der Waals surface area contributed by atoms with Gasteiger partial charge in [0.1, 0.15) is 0 Å². The molecule has 3 heteroatoms. The Hall–Kier alpha value is -0.570. The molecule has 0 aliphatic heterocycles. The van der Waals surface area contributed by atoms with Gasteiger partial charge in [0.25, 0.3) is 0 Å². The fourth-order valence-corrected chi connectivity index (χ4v) is 2.33. The van der Waals surface area contributed by atoms with E-state index in [2.05, 4.69) is 12.2 Å². The summed E-state index contributed by atoms with van der Waals surface area (Å²) in [4.78, 5) is 10.5. The quantitative estimate of drug-likeness (QED) is 0.660. The van der Waals surface area contributed by atoms with Crippen molar-refractivity contribution in [2.45, 2.75) is 57.9 Å². The molecule has 0 aromatic heterocycles. The van der Waals surface area contributed by atoms with Crippen LogP contribution < -0.4 is 11.1 Å². The van der Waals surface area contributed by atoms with Crippen LogP contribution in [0.4, 0.5) is 0 Å². The zero-order chi connectivity index (χ0) is 11.1. The summed E-state index contributed by atoms with van der Waals surface area (Å²) in [6.45, 7) is 3.36. The van der Waals surface area contributed by atoms with Crippen LogP contribution >= 0.6 is 0 Å². The highest BCUT2D eigenvalue weighted by Gasteiger charge is 2.19.